The van der Waals surface area contributed by atoms with Crippen molar-refractivity contribution in [3.8, 4) is 0 Å². The normalized spacial score (nSPS) is 19.6. The molecule has 2 aliphatic heterocycles. The Morgan fingerprint density at radius 3 is 2.96 bits per heavy atom. The van der Waals surface area contributed by atoms with Crippen LogP contribution in [-0.4, -0.2) is 31.1 Å². The number of hydrogen-bond donors (Lipinski definition) is 1. The molecule has 3 heterocycles. The molecule has 1 amide bonds. The minimum absolute atomic E-state index is 0.0578. The van der Waals surface area contributed by atoms with Crippen LogP contribution < -0.4 is 10.2 Å². The van der Waals surface area contributed by atoms with Crippen molar-refractivity contribution in [1.29, 1.82) is 0 Å². The van der Waals surface area contributed by atoms with Gasteiger partial charge >= 0.3 is 5.97 Å². The molecule has 1 saturated heterocycles. The molecule has 6 heteroatoms. The molecule has 118 valence electrons. The molecule has 0 radical (unpaired) electrons. The SMILES string of the molecule is O=C1OCC[C@@H]1Nc1ccc2c(c1)CCN2C(=O)c1ccoc1. The Morgan fingerprint density at radius 1 is 1.30 bits per heavy atom. The molecule has 0 bridgehead atoms. The van der Waals surface area contributed by atoms with Gasteiger partial charge in [-0.25, -0.2) is 4.79 Å². The van der Waals surface area contributed by atoms with Crippen molar-refractivity contribution >= 4 is 23.3 Å². The number of nitrogens with zero attached hydrogens (tertiary/aromatic N) is 1. The Kier molecular flexibility index (Phi) is 3.29. The Balaban J connectivity index is 1.54. The van der Waals surface area contributed by atoms with Gasteiger partial charge in [0.2, 0.25) is 0 Å². The summed E-state index contributed by atoms with van der Waals surface area (Å²) in [5.74, 6) is -0.264. The number of carbonyl (C=O) groups excluding carboxylic acids is 2. The predicted octanol–water partition coefficient (Wildman–Crippen LogP) is 2.21. The molecule has 0 aliphatic carbocycles. The van der Waals surface area contributed by atoms with Gasteiger partial charge in [0.1, 0.15) is 12.3 Å². The Morgan fingerprint density at radius 2 is 2.22 bits per heavy atom. The number of carbonyl (C=O) groups is 2. The maximum Gasteiger partial charge on any atom is 0.328 e. The Bertz CT molecular complexity index is 754. The summed E-state index contributed by atoms with van der Waals surface area (Å²) in [5.41, 5.74) is 3.44. The largest absolute Gasteiger partial charge is 0.472 e. The summed E-state index contributed by atoms with van der Waals surface area (Å²) in [4.78, 5) is 25.8. The summed E-state index contributed by atoms with van der Waals surface area (Å²) in [5, 5.41) is 3.20. The molecule has 1 N–H and O–H groups in total. The first-order valence-electron chi connectivity index (χ1n) is 7.62. The summed E-state index contributed by atoms with van der Waals surface area (Å²) in [6, 6.07) is 7.21. The van der Waals surface area contributed by atoms with E-state index in [0.29, 0.717) is 25.1 Å². The van der Waals surface area contributed by atoms with Crippen LogP contribution in [0.3, 0.4) is 0 Å². The number of esters is 1. The molecule has 4 rings (SSSR count). The van der Waals surface area contributed by atoms with Crippen LogP contribution in [0.4, 0.5) is 11.4 Å². The number of fused-ring (bicyclic) bond motifs is 1. The number of nitrogens with one attached hydrogen (secondary N) is 1. The van der Waals surface area contributed by atoms with Gasteiger partial charge in [0.25, 0.3) is 5.91 Å². The maximum atomic E-state index is 12.5. The topological polar surface area (TPSA) is 71.8 Å². The molecule has 0 spiro atoms. The fourth-order valence-corrected chi connectivity index (χ4v) is 3.07. The van der Waals surface area contributed by atoms with E-state index in [2.05, 4.69) is 5.32 Å². The van der Waals surface area contributed by atoms with E-state index in [1.165, 1.54) is 12.5 Å². The first kappa shape index (κ1) is 13.9. The number of furan rings is 1. The average Bonchev–Trinajstić information content (AvgIpc) is 3.28. The van der Waals surface area contributed by atoms with Gasteiger partial charge in [-0.05, 0) is 36.2 Å². The summed E-state index contributed by atoms with van der Waals surface area (Å²) in [6.45, 7) is 1.11. The van der Waals surface area contributed by atoms with Crippen LogP contribution in [0.2, 0.25) is 0 Å². The summed E-state index contributed by atoms with van der Waals surface area (Å²) >= 11 is 0. The van der Waals surface area contributed by atoms with Crippen molar-refractivity contribution in [1.82, 2.24) is 0 Å². The number of amides is 1. The first-order valence-corrected chi connectivity index (χ1v) is 7.62. The molecule has 1 atom stereocenters. The second-order valence-electron chi connectivity index (χ2n) is 5.72. The molecule has 23 heavy (non-hydrogen) atoms. The van der Waals surface area contributed by atoms with Crippen LogP contribution in [0, 0.1) is 0 Å². The summed E-state index contributed by atoms with van der Waals surface area (Å²) < 4.78 is 9.94. The summed E-state index contributed by atoms with van der Waals surface area (Å²) in [7, 11) is 0. The van der Waals surface area contributed by atoms with Gasteiger partial charge in [-0.3, -0.25) is 4.79 Å². The van der Waals surface area contributed by atoms with Crippen molar-refractivity contribution < 1.29 is 18.7 Å². The monoisotopic (exact) mass is 312 g/mol. The lowest BCUT2D eigenvalue weighted by molar-refractivity contribution is -0.138. The molecule has 1 aromatic heterocycles. The van der Waals surface area contributed by atoms with Crippen LogP contribution >= 0.6 is 0 Å². The number of anilines is 2. The van der Waals surface area contributed by atoms with Crippen molar-refractivity contribution in [2.24, 2.45) is 0 Å². The first-order chi connectivity index (χ1) is 11.2. The lowest BCUT2D eigenvalue weighted by Crippen LogP contribution is -2.28. The van der Waals surface area contributed by atoms with Gasteiger partial charge in [-0.15, -0.1) is 0 Å². The third kappa shape index (κ3) is 2.46. The molecule has 0 saturated carbocycles. The zero-order valence-corrected chi connectivity index (χ0v) is 12.5. The van der Waals surface area contributed by atoms with Crippen LogP contribution in [0.5, 0.6) is 0 Å². The molecule has 1 aromatic carbocycles. The van der Waals surface area contributed by atoms with Crippen LogP contribution in [-0.2, 0) is 16.0 Å². The number of cyclic esters (lactones) is 1. The van der Waals surface area contributed by atoms with Crippen molar-refractivity contribution in [3.05, 3.63) is 47.9 Å². The van der Waals surface area contributed by atoms with Gasteiger partial charge < -0.3 is 19.4 Å². The van der Waals surface area contributed by atoms with E-state index in [-0.39, 0.29) is 17.9 Å². The van der Waals surface area contributed by atoms with E-state index in [4.69, 9.17) is 9.15 Å². The van der Waals surface area contributed by atoms with Crippen molar-refractivity contribution in [2.45, 2.75) is 18.9 Å². The standard InChI is InChI=1S/C17H16N2O4/c20-16(12-4-7-22-10-12)19-6-3-11-9-13(1-2-15(11)19)18-14-5-8-23-17(14)21/h1-2,4,7,9-10,14,18H,3,5-6,8H2/t14-/m0/s1. The average molecular weight is 312 g/mol. The molecule has 2 aromatic rings. The molecule has 0 unspecified atom stereocenters. The second kappa shape index (κ2) is 5.46. The predicted molar refractivity (Wildman–Crippen MR) is 83.5 cm³/mol. The van der Waals surface area contributed by atoms with E-state index in [9.17, 15) is 9.59 Å². The van der Waals surface area contributed by atoms with Gasteiger partial charge in [-0.2, -0.15) is 0 Å². The van der Waals surface area contributed by atoms with E-state index >= 15 is 0 Å². The Labute approximate surface area is 133 Å². The lowest BCUT2D eigenvalue weighted by atomic mass is 10.1. The highest BCUT2D eigenvalue weighted by molar-refractivity contribution is 6.07. The van der Waals surface area contributed by atoms with Gasteiger partial charge in [0.05, 0.1) is 18.4 Å². The minimum Gasteiger partial charge on any atom is -0.472 e. The fourth-order valence-electron chi connectivity index (χ4n) is 3.07. The highest BCUT2D eigenvalue weighted by Crippen LogP contribution is 2.32. The van der Waals surface area contributed by atoms with Crippen LogP contribution in [0.1, 0.15) is 22.3 Å². The zero-order chi connectivity index (χ0) is 15.8. The van der Waals surface area contributed by atoms with Gasteiger partial charge in [0, 0.05) is 24.3 Å². The molecule has 2 aliphatic rings. The third-order valence-electron chi connectivity index (χ3n) is 4.26. The van der Waals surface area contributed by atoms with Gasteiger partial charge in [0.15, 0.2) is 0 Å². The Hall–Kier alpha value is -2.76. The highest BCUT2D eigenvalue weighted by atomic mass is 16.5. The minimum atomic E-state index is -0.280. The number of rotatable bonds is 3. The second-order valence-corrected chi connectivity index (χ2v) is 5.72. The molecule has 6 nitrogen and oxygen atoms in total. The van der Waals surface area contributed by atoms with Crippen molar-refractivity contribution in [3.63, 3.8) is 0 Å². The van der Waals surface area contributed by atoms with Crippen LogP contribution in [0.25, 0.3) is 0 Å². The molecular weight excluding hydrogens is 296 g/mol. The highest BCUT2D eigenvalue weighted by Gasteiger charge is 2.28. The number of benzene rings is 1. The lowest BCUT2D eigenvalue weighted by Gasteiger charge is -2.17. The van der Waals surface area contributed by atoms with Gasteiger partial charge in [-0.1, -0.05) is 0 Å². The van der Waals surface area contributed by atoms with E-state index in [1.807, 2.05) is 18.2 Å². The smallest absolute Gasteiger partial charge is 0.328 e. The molecular formula is C17H16N2O4. The van der Waals surface area contributed by atoms with E-state index in [1.54, 1.807) is 11.0 Å². The molecule has 1 fully saturated rings. The summed E-state index contributed by atoms with van der Waals surface area (Å²) in [6.07, 6.45) is 4.43. The quantitative estimate of drug-likeness (QED) is 0.880. The van der Waals surface area contributed by atoms with Crippen LogP contribution in [0.15, 0.2) is 41.2 Å². The van der Waals surface area contributed by atoms with E-state index < -0.39 is 0 Å². The fraction of sp³-hybridized carbons (Fsp3) is 0.294. The third-order valence-corrected chi connectivity index (χ3v) is 4.26. The number of hydrogen-bond acceptors (Lipinski definition) is 5. The van der Waals surface area contributed by atoms with Crippen molar-refractivity contribution in [2.75, 3.05) is 23.4 Å². The number of ether oxygens (including phenoxy) is 1. The zero-order valence-electron chi connectivity index (χ0n) is 12.5. The van der Waals surface area contributed by atoms with E-state index in [0.717, 1.165) is 23.4 Å². The maximum absolute atomic E-state index is 12.5.